The fourth-order valence-electron chi connectivity index (χ4n) is 2.87. The number of thiazole rings is 1. The molecule has 1 aliphatic heterocycles. The van der Waals surface area contributed by atoms with Gasteiger partial charge in [0.25, 0.3) is 5.91 Å². The Morgan fingerprint density at radius 3 is 3.10 bits per heavy atom. The molecule has 2 aromatic heterocycles. The van der Waals surface area contributed by atoms with Crippen molar-refractivity contribution in [2.75, 3.05) is 20.3 Å². The first kappa shape index (κ1) is 14.2. The van der Waals surface area contributed by atoms with Crippen LogP contribution in [0.15, 0.2) is 17.1 Å². The molecule has 7 heteroatoms. The SMILES string of the molecule is CCn1ncc2c1[C@@H](COC)CN(C(=O)c1cscn1)C2. The molecule has 0 aliphatic carbocycles. The van der Waals surface area contributed by atoms with Gasteiger partial charge in [0.15, 0.2) is 0 Å². The number of amides is 1. The third kappa shape index (κ3) is 2.58. The van der Waals surface area contributed by atoms with Gasteiger partial charge in [0, 0.05) is 43.6 Å². The van der Waals surface area contributed by atoms with Gasteiger partial charge in [0.2, 0.25) is 0 Å². The lowest BCUT2D eigenvalue weighted by Gasteiger charge is -2.32. The van der Waals surface area contributed by atoms with E-state index in [0.717, 1.165) is 12.1 Å². The van der Waals surface area contributed by atoms with E-state index in [2.05, 4.69) is 17.0 Å². The van der Waals surface area contributed by atoms with Crippen LogP contribution in [0.1, 0.15) is 34.6 Å². The molecule has 1 aliphatic rings. The van der Waals surface area contributed by atoms with Crippen molar-refractivity contribution in [1.82, 2.24) is 19.7 Å². The molecule has 3 rings (SSSR count). The molecule has 21 heavy (non-hydrogen) atoms. The van der Waals surface area contributed by atoms with E-state index in [1.54, 1.807) is 18.0 Å². The lowest BCUT2D eigenvalue weighted by molar-refractivity contribution is 0.0670. The summed E-state index contributed by atoms with van der Waals surface area (Å²) >= 11 is 1.44. The molecule has 0 saturated heterocycles. The Hall–Kier alpha value is -1.73. The minimum Gasteiger partial charge on any atom is -0.384 e. The van der Waals surface area contributed by atoms with Gasteiger partial charge in [-0.1, -0.05) is 0 Å². The highest BCUT2D eigenvalue weighted by molar-refractivity contribution is 7.07. The van der Waals surface area contributed by atoms with Crippen LogP contribution in [0.5, 0.6) is 0 Å². The molecule has 6 nitrogen and oxygen atoms in total. The number of ether oxygens (including phenoxy) is 1. The van der Waals surface area contributed by atoms with Crippen LogP contribution in [0, 0.1) is 0 Å². The van der Waals surface area contributed by atoms with E-state index >= 15 is 0 Å². The molecule has 0 aromatic carbocycles. The lowest BCUT2D eigenvalue weighted by atomic mass is 9.96. The van der Waals surface area contributed by atoms with E-state index < -0.39 is 0 Å². The third-order valence-electron chi connectivity index (χ3n) is 3.75. The number of nitrogens with zero attached hydrogens (tertiary/aromatic N) is 4. The van der Waals surface area contributed by atoms with E-state index in [0.29, 0.717) is 25.4 Å². The van der Waals surface area contributed by atoms with Crippen molar-refractivity contribution in [1.29, 1.82) is 0 Å². The summed E-state index contributed by atoms with van der Waals surface area (Å²) in [6.45, 7) is 4.72. The van der Waals surface area contributed by atoms with Gasteiger partial charge in [-0.3, -0.25) is 9.48 Å². The van der Waals surface area contributed by atoms with Crippen LogP contribution in [-0.4, -0.2) is 45.8 Å². The zero-order valence-electron chi connectivity index (χ0n) is 12.2. The predicted octanol–water partition coefficient (Wildman–Crippen LogP) is 1.75. The summed E-state index contributed by atoms with van der Waals surface area (Å²) in [7, 11) is 1.69. The number of hydrogen-bond donors (Lipinski definition) is 0. The molecule has 1 amide bonds. The Kier molecular flexibility index (Phi) is 4.03. The van der Waals surface area contributed by atoms with Crippen LogP contribution in [-0.2, 0) is 17.8 Å². The molecule has 0 spiro atoms. The van der Waals surface area contributed by atoms with E-state index in [4.69, 9.17) is 4.74 Å². The average molecular weight is 306 g/mol. The number of rotatable bonds is 4. The van der Waals surface area contributed by atoms with Crippen molar-refractivity contribution < 1.29 is 9.53 Å². The first-order valence-corrected chi connectivity index (χ1v) is 7.89. The van der Waals surface area contributed by atoms with Crippen LogP contribution in [0.4, 0.5) is 0 Å². The quantitative estimate of drug-likeness (QED) is 0.863. The summed E-state index contributed by atoms with van der Waals surface area (Å²) in [5, 5.41) is 6.21. The average Bonchev–Trinajstić information content (AvgIpc) is 3.16. The second kappa shape index (κ2) is 5.95. The van der Waals surface area contributed by atoms with Gasteiger partial charge in [-0.05, 0) is 6.92 Å². The molecule has 0 fully saturated rings. The third-order valence-corrected chi connectivity index (χ3v) is 4.34. The largest absolute Gasteiger partial charge is 0.384 e. The Balaban J connectivity index is 1.89. The van der Waals surface area contributed by atoms with E-state index in [1.807, 2.05) is 15.8 Å². The minimum absolute atomic E-state index is 0.0211. The smallest absolute Gasteiger partial charge is 0.273 e. The van der Waals surface area contributed by atoms with Crippen LogP contribution in [0.25, 0.3) is 0 Å². The maximum atomic E-state index is 12.5. The van der Waals surface area contributed by atoms with Gasteiger partial charge in [-0.15, -0.1) is 11.3 Å². The number of fused-ring (bicyclic) bond motifs is 1. The van der Waals surface area contributed by atoms with Crippen molar-refractivity contribution in [2.24, 2.45) is 0 Å². The normalized spacial score (nSPS) is 17.8. The van der Waals surface area contributed by atoms with Crippen molar-refractivity contribution >= 4 is 17.2 Å². The summed E-state index contributed by atoms with van der Waals surface area (Å²) in [6.07, 6.45) is 1.86. The van der Waals surface area contributed by atoms with Gasteiger partial charge >= 0.3 is 0 Å². The Labute approximate surface area is 127 Å². The second-order valence-electron chi connectivity index (χ2n) is 5.08. The zero-order chi connectivity index (χ0) is 14.8. The van der Waals surface area contributed by atoms with Crippen LogP contribution in [0.3, 0.4) is 0 Å². The van der Waals surface area contributed by atoms with Crippen molar-refractivity contribution in [3.05, 3.63) is 34.0 Å². The highest BCUT2D eigenvalue weighted by Crippen LogP contribution is 2.29. The topological polar surface area (TPSA) is 60.2 Å². The van der Waals surface area contributed by atoms with Gasteiger partial charge < -0.3 is 9.64 Å². The Morgan fingerprint density at radius 1 is 1.57 bits per heavy atom. The molecule has 0 N–H and O–H groups in total. The summed E-state index contributed by atoms with van der Waals surface area (Å²) in [6, 6.07) is 0. The van der Waals surface area contributed by atoms with E-state index in [-0.39, 0.29) is 11.8 Å². The molecule has 112 valence electrons. The molecule has 0 bridgehead atoms. The van der Waals surface area contributed by atoms with Gasteiger partial charge in [0.1, 0.15) is 5.69 Å². The summed E-state index contributed by atoms with van der Waals surface area (Å²) in [5.41, 5.74) is 4.50. The number of aryl methyl sites for hydroxylation is 1. The van der Waals surface area contributed by atoms with Gasteiger partial charge in [-0.2, -0.15) is 5.10 Å². The van der Waals surface area contributed by atoms with Crippen molar-refractivity contribution in [3.63, 3.8) is 0 Å². The van der Waals surface area contributed by atoms with Crippen molar-refractivity contribution in [3.8, 4) is 0 Å². The highest BCUT2D eigenvalue weighted by Gasteiger charge is 2.32. The van der Waals surface area contributed by atoms with E-state index in [1.165, 1.54) is 17.0 Å². The monoisotopic (exact) mass is 306 g/mol. The number of aromatic nitrogens is 3. The highest BCUT2D eigenvalue weighted by atomic mass is 32.1. The van der Waals surface area contributed by atoms with Crippen molar-refractivity contribution in [2.45, 2.75) is 25.9 Å². The molecule has 1 atom stereocenters. The molecular formula is C14H18N4O2S. The van der Waals surface area contributed by atoms with Crippen LogP contribution < -0.4 is 0 Å². The summed E-state index contributed by atoms with van der Waals surface area (Å²) in [5.74, 6) is 0.135. The number of hydrogen-bond acceptors (Lipinski definition) is 5. The summed E-state index contributed by atoms with van der Waals surface area (Å²) < 4.78 is 7.34. The fourth-order valence-corrected chi connectivity index (χ4v) is 3.40. The molecule has 0 saturated carbocycles. The van der Waals surface area contributed by atoms with Gasteiger partial charge in [-0.25, -0.2) is 4.98 Å². The fraction of sp³-hybridized carbons (Fsp3) is 0.500. The number of carbonyl (C=O) groups is 1. The standard InChI is InChI=1S/C14H18N4O2S/c1-3-18-13-10(4-16-18)5-17(6-11(13)7-20-2)14(19)12-8-21-9-15-12/h4,8-9,11H,3,5-7H2,1-2H3/t11-/m1/s1. The molecule has 2 aromatic rings. The first-order valence-electron chi connectivity index (χ1n) is 6.95. The van der Waals surface area contributed by atoms with Crippen LogP contribution >= 0.6 is 11.3 Å². The molecule has 0 unspecified atom stereocenters. The second-order valence-corrected chi connectivity index (χ2v) is 5.80. The minimum atomic E-state index is -0.0211. The maximum absolute atomic E-state index is 12.5. The maximum Gasteiger partial charge on any atom is 0.273 e. The molecule has 3 heterocycles. The predicted molar refractivity (Wildman–Crippen MR) is 79.4 cm³/mol. The molecular weight excluding hydrogens is 288 g/mol. The first-order chi connectivity index (χ1) is 10.2. The van der Waals surface area contributed by atoms with Gasteiger partial charge in [0.05, 0.1) is 24.0 Å². The lowest BCUT2D eigenvalue weighted by Crippen LogP contribution is -2.40. The Morgan fingerprint density at radius 2 is 2.43 bits per heavy atom. The Bertz CT molecular complexity index is 623. The zero-order valence-corrected chi connectivity index (χ0v) is 13.0. The summed E-state index contributed by atoms with van der Waals surface area (Å²) in [4.78, 5) is 18.4. The van der Waals surface area contributed by atoms with Crippen LogP contribution in [0.2, 0.25) is 0 Å². The van der Waals surface area contributed by atoms with E-state index in [9.17, 15) is 4.79 Å². The number of carbonyl (C=O) groups excluding carboxylic acids is 1. The number of methoxy groups -OCH3 is 1. The molecule has 0 radical (unpaired) electrons.